The third-order valence-corrected chi connectivity index (χ3v) is 5.10. The molecular formula is C21H27F5N2O4. The summed E-state index contributed by atoms with van der Waals surface area (Å²) in [4.78, 5) is 25.2. The molecule has 180 valence electrons. The summed E-state index contributed by atoms with van der Waals surface area (Å²) >= 11 is 0. The number of hydrogen-bond donors (Lipinski definition) is 1. The third kappa shape index (κ3) is 6.23. The molecule has 1 atom stereocenters. The van der Waals surface area contributed by atoms with Gasteiger partial charge in [-0.25, -0.2) is 18.4 Å². The molecule has 1 aliphatic heterocycles. The van der Waals surface area contributed by atoms with Gasteiger partial charge in [-0.15, -0.1) is 0 Å². The Morgan fingerprint density at radius 1 is 1.19 bits per heavy atom. The number of likely N-dealkylation sites (tertiary alicyclic amines) is 1. The molecule has 1 aromatic rings. The zero-order chi connectivity index (χ0) is 24.3. The minimum Gasteiger partial charge on any atom is -0.465 e. The fourth-order valence-electron chi connectivity index (χ4n) is 3.39. The van der Waals surface area contributed by atoms with Crippen LogP contribution in [0.3, 0.4) is 0 Å². The van der Waals surface area contributed by atoms with Crippen LogP contribution in [-0.2, 0) is 15.7 Å². The van der Waals surface area contributed by atoms with Crippen LogP contribution in [0.5, 0.6) is 0 Å². The first-order valence-corrected chi connectivity index (χ1v) is 9.99. The highest BCUT2D eigenvalue weighted by Crippen LogP contribution is 2.38. The molecule has 2 rings (SSSR count). The van der Waals surface area contributed by atoms with Gasteiger partial charge in [0.2, 0.25) is 0 Å². The maximum absolute atomic E-state index is 15.6. The second-order valence-electron chi connectivity index (χ2n) is 8.60. The van der Waals surface area contributed by atoms with Gasteiger partial charge >= 0.3 is 18.2 Å². The van der Waals surface area contributed by atoms with E-state index in [1.54, 1.807) is 20.8 Å². The van der Waals surface area contributed by atoms with Gasteiger partial charge in [0.1, 0.15) is 17.9 Å². The summed E-state index contributed by atoms with van der Waals surface area (Å²) in [5.74, 6) is -0.890. The van der Waals surface area contributed by atoms with Gasteiger partial charge in [0.15, 0.2) is 0 Å². The second-order valence-corrected chi connectivity index (χ2v) is 8.60. The molecule has 1 aliphatic rings. The molecule has 1 amide bonds. The van der Waals surface area contributed by atoms with Crippen molar-refractivity contribution in [3.63, 3.8) is 0 Å². The third-order valence-electron chi connectivity index (χ3n) is 5.10. The van der Waals surface area contributed by atoms with E-state index in [9.17, 15) is 27.2 Å². The number of amides is 1. The smallest absolute Gasteiger partial charge is 0.418 e. The van der Waals surface area contributed by atoms with Crippen LogP contribution < -0.4 is 5.32 Å². The molecule has 1 saturated heterocycles. The molecule has 1 unspecified atom stereocenters. The van der Waals surface area contributed by atoms with Crippen molar-refractivity contribution in [2.24, 2.45) is 0 Å². The van der Waals surface area contributed by atoms with E-state index in [0.29, 0.717) is 6.07 Å². The Kier molecular flexibility index (Phi) is 7.62. The number of esters is 1. The molecule has 32 heavy (non-hydrogen) atoms. The number of benzene rings is 1. The van der Waals surface area contributed by atoms with E-state index < -0.39 is 53.5 Å². The minimum atomic E-state index is -4.82. The summed E-state index contributed by atoms with van der Waals surface area (Å²) in [6.45, 7) is 3.56. The Labute approximate surface area is 183 Å². The average Bonchev–Trinajstić information content (AvgIpc) is 2.69. The molecule has 0 aliphatic carbocycles. The summed E-state index contributed by atoms with van der Waals surface area (Å²) in [7, 11) is 1.06. The quantitative estimate of drug-likeness (QED) is 0.490. The Bertz CT molecular complexity index is 830. The monoisotopic (exact) mass is 466 g/mol. The lowest BCUT2D eigenvalue weighted by Gasteiger charge is -2.41. The van der Waals surface area contributed by atoms with Crippen molar-refractivity contribution >= 4 is 17.7 Å². The molecule has 1 N–H and O–H groups in total. The second kappa shape index (κ2) is 9.50. The normalized spacial score (nSPS) is 17.5. The molecular weight excluding hydrogens is 439 g/mol. The largest absolute Gasteiger partial charge is 0.465 e. The first-order chi connectivity index (χ1) is 14.7. The summed E-state index contributed by atoms with van der Waals surface area (Å²) in [5.41, 5.74) is -4.97. The summed E-state index contributed by atoms with van der Waals surface area (Å²) in [5, 5.41) is 2.30. The van der Waals surface area contributed by atoms with E-state index in [4.69, 9.17) is 4.74 Å². The maximum atomic E-state index is 15.6. The lowest BCUT2D eigenvalue weighted by atomic mass is 9.86. The number of nitrogens with one attached hydrogen (secondary N) is 1. The van der Waals surface area contributed by atoms with Crippen molar-refractivity contribution in [2.45, 2.75) is 57.1 Å². The van der Waals surface area contributed by atoms with Gasteiger partial charge in [-0.1, -0.05) is 0 Å². The average molecular weight is 466 g/mol. The lowest BCUT2D eigenvalue weighted by molar-refractivity contribution is -0.137. The van der Waals surface area contributed by atoms with Crippen LogP contribution in [0.15, 0.2) is 18.2 Å². The number of nitrogens with zero attached hydrogens (tertiary/aromatic N) is 1. The van der Waals surface area contributed by atoms with Gasteiger partial charge in [-0.2, -0.15) is 13.2 Å². The molecule has 6 nitrogen and oxygen atoms in total. The van der Waals surface area contributed by atoms with E-state index in [1.807, 2.05) is 0 Å². The van der Waals surface area contributed by atoms with Crippen LogP contribution >= 0.6 is 0 Å². The number of rotatable bonds is 5. The Morgan fingerprint density at radius 3 is 2.25 bits per heavy atom. The van der Waals surface area contributed by atoms with E-state index >= 15 is 4.39 Å². The first-order valence-electron chi connectivity index (χ1n) is 9.99. The van der Waals surface area contributed by atoms with E-state index in [2.05, 4.69) is 10.1 Å². The molecule has 0 aromatic heterocycles. The number of anilines is 1. The molecule has 1 heterocycles. The highest BCUT2D eigenvalue weighted by atomic mass is 19.4. The maximum Gasteiger partial charge on any atom is 0.418 e. The van der Waals surface area contributed by atoms with Crippen molar-refractivity contribution in [3.8, 4) is 0 Å². The summed E-state index contributed by atoms with van der Waals surface area (Å²) < 4.78 is 79.4. The molecule has 0 spiro atoms. The van der Waals surface area contributed by atoms with Crippen molar-refractivity contribution in [2.75, 3.05) is 32.2 Å². The molecule has 1 fully saturated rings. The number of hydrogen-bond acceptors (Lipinski definition) is 5. The zero-order valence-corrected chi connectivity index (χ0v) is 18.3. The van der Waals surface area contributed by atoms with Gasteiger partial charge in [-0.3, -0.25) is 0 Å². The SMILES string of the molecule is COC(=O)c1ccc(C(F)(F)F)c(NC(CF)C2(F)CCN(C(=O)OC(C)(C)C)CC2)c1. The molecule has 0 radical (unpaired) electrons. The van der Waals surface area contributed by atoms with Crippen LogP contribution in [0.4, 0.5) is 32.4 Å². The fraction of sp³-hybridized carbons (Fsp3) is 0.619. The highest BCUT2D eigenvalue weighted by molar-refractivity contribution is 5.90. The highest BCUT2D eigenvalue weighted by Gasteiger charge is 2.45. The van der Waals surface area contributed by atoms with Gasteiger partial charge in [0, 0.05) is 31.6 Å². The van der Waals surface area contributed by atoms with Crippen LogP contribution in [-0.4, -0.2) is 61.1 Å². The van der Waals surface area contributed by atoms with Crippen LogP contribution in [0.25, 0.3) is 0 Å². The summed E-state index contributed by atoms with van der Waals surface area (Å²) in [6, 6.07) is 0.808. The molecule has 0 saturated carbocycles. The Balaban J connectivity index is 2.23. The standard InChI is InChI=1S/C21H27F5N2O4/c1-19(2,3)32-18(30)28-9-7-20(23,8-10-28)16(12-22)27-15-11-13(17(29)31-4)5-6-14(15)21(24,25)26/h5-6,11,16,27H,7-10,12H2,1-4H3. The number of carbonyl (C=O) groups excluding carboxylic acids is 2. The predicted molar refractivity (Wildman–Crippen MR) is 107 cm³/mol. The number of alkyl halides is 5. The lowest BCUT2D eigenvalue weighted by Crippen LogP contribution is -2.54. The van der Waals surface area contributed by atoms with Gasteiger partial charge < -0.3 is 19.7 Å². The van der Waals surface area contributed by atoms with E-state index in [0.717, 1.165) is 19.2 Å². The summed E-state index contributed by atoms with van der Waals surface area (Å²) in [6.07, 6.45) is -6.06. The fourth-order valence-corrected chi connectivity index (χ4v) is 3.39. The van der Waals surface area contributed by atoms with Gasteiger partial charge in [0.25, 0.3) is 0 Å². The van der Waals surface area contributed by atoms with Crippen molar-refractivity contribution in [3.05, 3.63) is 29.3 Å². The topological polar surface area (TPSA) is 67.9 Å². The Morgan fingerprint density at radius 2 is 1.78 bits per heavy atom. The number of piperidine rings is 1. The van der Waals surface area contributed by atoms with Crippen molar-refractivity contribution in [1.82, 2.24) is 4.90 Å². The molecule has 0 bridgehead atoms. The van der Waals surface area contributed by atoms with E-state index in [-0.39, 0.29) is 31.5 Å². The molecule has 11 heteroatoms. The zero-order valence-electron chi connectivity index (χ0n) is 18.3. The van der Waals surface area contributed by atoms with Gasteiger partial charge in [0.05, 0.1) is 24.3 Å². The minimum absolute atomic E-state index is 0.0854. The Hall–Kier alpha value is -2.59. The van der Waals surface area contributed by atoms with Crippen LogP contribution in [0, 0.1) is 0 Å². The van der Waals surface area contributed by atoms with E-state index in [1.165, 1.54) is 4.90 Å². The van der Waals surface area contributed by atoms with Crippen LogP contribution in [0.2, 0.25) is 0 Å². The number of ether oxygens (including phenoxy) is 2. The number of halogens is 5. The first kappa shape index (κ1) is 25.7. The number of carbonyl (C=O) groups is 2. The predicted octanol–water partition coefficient (Wildman–Crippen LogP) is 4.98. The number of methoxy groups -OCH3 is 1. The van der Waals surface area contributed by atoms with Crippen LogP contribution in [0.1, 0.15) is 49.5 Å². The van der Waals surface area contributed by atoms with Crippen molar-refractivity contribution in [1.29, 1.82) is 0 Å². The molecule has 1 aromatic carbocycles. The van der Waals surface area contributed by atoms with Crippen molar-refractivity contribution < 1.29 is 41.0 Å². The van der Waals surface area contributed by atoms with Gasteiger partial charge in [-0.05, 0) is 39.0 Å².